The van der Waals surface area contributed by atoms with Crippen molar-refractivity contribution in [3.63, 3.8) is 0 Å². The summed E-state index contributed by atoms with van der Waals surface area (Å²) in [6.07, 6.45) is 0.981. The zero-order valence-electron chi connectivity index (χ0n) is 13.7. The maximum absolute atomic E-state index is 12.4. The van der Waals surface area contributed by atoms with E-state index in [1.807, 2.05) is 18.2 Å². The van der Waals surface area contributed by atoms with Gasteiger partial charge < -0.3 is 10.5 Å². The van der Waals surface area contributed by atoms with E-state index < -0.39 is 33.1 Å². The zero-order chi connectivity index (χ0) is 18.1. The molecule has 1 saturated heterocycles. The Labute approximate surface area is 141 Å². The largest absolute Gasteiger partial charge is 0.456 e. The summed E-state index contributed by atoms with van der Waals surface area (Å²) < 4.78 is 28.9. The first-order chi connectivity index (χ1) is 11.1. The number of nitrogens with zero attached hydrogens (tertiary/aromatic N) is 1. The number of allylic oxidation sites excluding steroid dienone is 1. The van der Waals surface area contributed by atoms with Gasteiger partial charge >= 0.3 is 5.97 Å². The van der Waals surface area contributed by atoms with Crippen LogP contribution >= 0.6 is 0 Å². The molecule has 2 rings (SSSR count). The number of ether oxygens (including phenoxy) is 1. The van der Waals surface area contributed by atoms with Gasteiger partial charge in [-0.3, -0.25) is 9.69 Å². The number of nitrogens with two attached hydrogens (primary N) is 1. The summed E-state index contributed by atoms with van der Waals surface area (Å²) >= 11 is 0. The van der Waals surface area contributed by atoms with Crippen LogP contribution in [0.1, 0.15) is 19.4 Å². The lowest BCUT2D eigenvalue weighted by molar-refractivity contribution is -0.151. The number of esters is 1. The van der Waals surface area contributed by atoms with E-state index in [1.165, 1.54) is 0 Å². The molecule has 0 unspecified atom stereocenters. The number of carbonyl (C=O) groups excluding carboxylic acids is 2. The van der Waals surface area contributed by atoms with Crippen LogP contribution < -0.4 is 5.73 Å². The Kier molecular flexibility index (Phi) is 5.10. The van der Waals surface area contributed by atoms with E-state index in [4.69, 9.17) is 10.5 Å². The van der Waals surface area contributed by atoms with Crippen LogP contribution in [-0.2, 0) is 30.8 Å². The molecule has 1 aromatic rings. The number of hydrogen-bond acceptors (Lipinski definition) is 6. The second-order valence-corrected chi connectivity index (χ2v) is 8.01. The maximum atomic E-state index is 12.4. The topological polar surface area (TPSA) is 107 Å². The third-order valence-electron chi connectivity index (χ3n) is 3.64. The van der Waals surface area contributed by atoms with Gasteiger partial charge in [0.1, 0.15) is 18.3 Å². The van der Waals surface area contributed by atoms with Gasteiger partial charge in [0.15, 0.2) is 15.2 Å². The van der Waals surface area contributed by atoms with Crippen molar-refractivity contribution in [1.29, 1.82) is 0 Å². The molecular formula is C16H20N2O5S. The molecule has 1 aromatic carbocycles. The molecule has 2 atom stereocenters. The summed E-state index contributed by atoms with van der Waals surface area (Å²) in [4.78, 5) is 25.4. The van der Waals surface area contributed by atoms with Crippen molar-refractivity contribution in [1.82, 2.24) is 4.90 Å². The van der Waals surface area contributed by atoms with Gasteiger partial charge in [-0.05, 0) is 25.0 Å². The van der Waals surface area contributed by atoms with Gasteiger partial charge in [-0.15, -0.1) is 0 Å². The Morgan fingerprint density at radius 3 is 2.33 bits per heavy atom. The summed E-state index contributed by atoms with van der Waals surface area (Å²) in [5.41, 5.74) is 6.78. The van der Waals surface area contributed by atoms with Crippen LogP contribution in [0.4, 0.5) is 0 Å². The molecule has 1 fully saturated rings. The van der Waals surface area contributed by atoms with Crippen LogP contribution in [-0.4, -0.2) is 42.9 Å². The minimum absolute atomic E-state index is 0.0219. The quantitative estimate of drug-likeness (QED) is 0.471. The van der Waals surface area contributed by atoms with Crippen LogP contribution in [0.2, 0.25) is 0 Å². The molecule has 7 nitrogen and oxygen atoms in total. The Balaban J connectivity index is 2.22. The van der Waals surface area contributed by atoms with E-state index in [9.17, 15) is 18.0 Å². The van der Waals surface area contributed by atoms with Gasteiger partial charge in [-0.2, -0.15) is 0 Å². The van der Waals surface area contributed by atoms with E-state index in [0.29, 0.717) is 5.57 Å². The number of carbonyl (C=O) groups is 2. The first-order valence-corrected chi connectivity index (χ1v) is 9.26. The number of hydrogen-bond donors (Lipinski definition) is 1. The van der Waals surface area contributed by atoms with Gasteiger partial charge in [-0.1, -0.05) is 30.3 Å². The molecule has 8 heteroatoms. The van der Waals surface area contributed by atoms with Crippen LogP contribution in [0.5, 0.6) is 0 Å². The zero-order valence-corrected chi connectivity index (χ0v) is 14.5. The number of rotatable bonds is 5. The molecular weight excluding hydrogens is 332 g/mol. The SMILES string of the molecule is CC(C)=C(C(=O)OCc1ccccc1)N1C(=O)[C@H](N)[C@H]1S(C)(=O)=O. The predicted molar refractivity (Wildman–Crippen MR) is 88.1 cm³/mol. The van der Waals surface area contributed by atoms with Crippen molar-refractivity contribution < 1.29 is 22.7 Å². The van der Waals surface area contributed by atoms with Crippen molar-refractivity contribution in [2.45, 2.75) is 31.9 Å². The highest BCUT2D eigenvalue weighted by molar-refractivity contribution is 7.91. The van der Waals surface area contributed by atoms with Crippen molar-refractivity contribution >= 4 is 21.7 Å². The molecule has 1 aliphatic heterocycles. The third kappa shape index (κ3) is 3.49. The normalized spacial score (nSPS) is 20.3. The van der Waals surface area contributed by atoms with Crippen molar-refractivity contribution in [2.24, 2.45) is 5.73 Å². The molecule has 130 valence electrons. The fourth-order valence-corrected chi connectivity index (χ4v) is 3.76. The number of β-lactam (4-membered cyclic amide) rings is 1. The summed E-state index contributed by atoms with van der Waals surface area (Å²) in [6.45, 7) is 3.24. The Bertz CT molecular complexity index is 782. The Morgan fingerprint density at radius 2 is 1.83 bits per heavy atom. The second-order valence-electron chi connectivity index (χ2n) is 5.86. The van der Waals surface area contributed by atoms with Crippen LogP contribution in [0, 0.1) is 0 Å². The van der Waals surface area contributed by atoms with Crippen molar-refractivity contribution in [3.05, 3.63) is 47.2 Å². The number of sulfone groups is 1. The molecule has 1 aliphatic rings. The smallest absolute Gasteiger partial charge is 0.355 e. The van der Waals surface area contributed by atoms with Crippen LogP contribution in [0.25, 0.3) is 0 Å². The van der Waals surface area contributed by atoms with E-state index >= 15 is 0 Å². The van der Waals surface area contributed by atoms with Crippen LogP contribution in [0.15, 0.2) is 41.6 Å². The summed E-state index contributed by atoms with van der Waals surface area (Å²) in [5.74, 6) is -1.37. The molecule has 0 aromatic heterocycles. The molecule has 0 bridgehead atoms. The average molecular weight is 352 g/mol. The lowest BCUT2D eigenvalue weighted by atomic mass is 10.1. The Morgan fingerprint density at radius 1 is 1.25 bits per heavy atom. The van der Waals surface area contributed by atoms with Gasteiger partial charge in [-0.25, -0.2) is 13.2 Å². The standard InChI is InChI=1S/C16H20N2O5S/c1-10(2)13(16(20)23-9-11-7-5-4-6-8-11)18-14(19)12(17)15(18)24(3,21)22/h4-8,12,15H,9,17H2,1-3H3/t12-,15+/m0/s1. The number of benzene rings is 1. The minimum atomic E-state index is -3.64. The van der Waals surface area contributed by atoms with Crippen molar-refractivity contribution in [2.75, 3.05) is 6.26 Å². The highest BCUT2D eigenvalue weighted by Crippen LogP contribution is 2.30. The molecule has 24 heavy (non-hydrogen) atoms. The number of amides is 1. The Hall–Kier alpha value is -2.19. The van der Waals surface area contributed by atoms with Gasteiger partial charge in [0.2, 0.25) is 5.91 Å². The second kappa shape index (κ2) is 6.74. The van der Waals surface area contributed by atoms with E-state index in [2.05, 4.69) is 0 Å². The summed E-state index contributed by atoms with van der Waals surface area (Å²) in [6, 6.07) is 7.87. The minimum Gasteiger partial charge on any atom is -0.456 e. The van der Waals surface area contributed by atoms with E-state index in [-0.39, 0.29) is 12.3 Å². The fraction of sp³-hybridized carbons (Fsp3) is 0.375. The first-order valence-electron chi connectivity index (χ1n) is 7.30. The van der Waals surface area contributed by atoms with E-state index in [1.54, 1.807) is 26.0 Å². The maximum Gasteiger partial charge on any atom is 0.355 e. The monoisotopic (exact) mass is 352 g/mol. The summed E-state index contributed by atoms with van der Waals surface area (Å²) in [5, 5.41) is -1.25. The molecule has 0 spiro atoms. The summed E-state index contributed by atoms with van der Waals surface area (Å²) in [7, 11) is -3.64. The lowest BCUT2D eigenvalue weighted by Gasteiger charge is -2.44. The average Bonchev–Trinajstić information content (AvgIpc) is 2.51. The molecule has 1 amide bonds. The molecule has 2 N–H and O–H groups in total. The predicted octanol–water partition coefficient (Wildman–Crippen LogP) is 0.564. The van der Waals surface area contributed by atoms with Crippen LogP contribution in [0.3, 0.4) is 0 Å². The molecule has 1 heterocycles. The molecule has 0 saturated carbocycles. The third-order valence-corrected chi connectivity index (χ3v) is 5.02. The highest BCUT2D eigenvalue weighted by atomic mass is 32.2. The molecule has 0 radical (unpaired) electrons. The fourth-order valence-electron chi connectivity index (χ4n) is 2.52. The van der Waals surface area contributed by atoms with E-state index in [0.717, 1.165) is 16.7 Å². The number of likely N-dealkylation sites (tertiary alicyclic amines) is 1. The highest BCUT2D eigenvalue weighted by Gasteiger charge is 2.54. The first kappa shape index (κ1) is 18.2. The van der Waals surface area contributed by atoms with Crippen molar-refractivity contribution in [3.8, 4) is 0 Å². The van der Waals surface area contributed by atoms with Gasteiger partial charge in [0.05, 0.1) is 0 Å². The molecule has 0 aliphatic carbocycles. The lowest BCUT2D eigenvalue weighted by Crippen LogP contribution is -2.71. The van der Waals surface area contributed by atoms with Gasteiger partial charge in [0.25, 0.3) is 0 Å². The van der Waals surface area contributed by atoms with Gasteiger partial charge in [0, 0.05) is 6.26 Å².